The zero-order valence-corrected chi connectivity index (χ0v) is 19.1. The standard InChI is InChI=1S/C24H30FN3O2S/c1-17(2)14-28(23(29)19-6-4-18(3)5-7-19)16-22-15-27(12-13-30-22)24(31)26-21-10-8-20(25)9-11-21/h4-11,17,22H,12-16H2,1-3H3,(H,26,31)/t22-/m1/s1. The molecule has 0 bridgehead atoms. The van der Waals surface area contributed by atoms with E-state index in [0.717, 1.165) is 11.3 Å². The summed E-state index contributed by atoms with van der Waals surface area (Å²) in [6.07, 6.45) is -0.144. The van der Waals surface area contributed by atoms with Gasteiger partial charge in [-0.25, -0.2) is 4.39 Å². The molecule has 166 valence electrons. The zero-order valence-electron chi connectivity index (χ0n) is 18.3. The lowest BCUT2D eigenvalue weighted by Gasteiger charge is -2.37. The average Bonchev–Trinajstić information content (AvgIpc) is 2.75. The maximum Gasteiger partial charge on any atom is 0.253 e. The van der Waals surface area contributed by atoms with Gasteiger partial charge in [-0.15, -0.1) is 0 Å². The van der Waals surface area contributed by atoms with Crippen molar-refractivity contribution in [2.24, 2.45) is 5.92 Å². The van der Waals surface area contributed by atoms with E-state index in [1.165, 1.54) is 12.1 Å². The van der Waals surface area contributed by atoms with Gasteiger partial charge in [0.1, 0.15) is 5.82 Å². The molecule has 7 heteroatoms. The van der Waals surface area contributed by atoms with E-state index in [1.807, 2.05) is 41.0 Å². The molecule has 1 heterocycles. The number of carbonyl (C=O) groups excluding carboxylic acids is 1. The van der Waals surface area contributed by atoms with Crippen molar-refractivity contribution in [2.45, 2.75) is 26.9 Å². The first-order valence-electron chi connectivity index (χ1n) is 10.6. The van der Waals surface area contributed by atoms with Crippen LogP contribution in [-0.4, -0.2) is 59.7 Å². The molecule has 2 aromatic rings. The predicted octanol–water partition coefficient (Wildman–Crippen LogP) is 4.33. The van der Waals surface area contributed by atoms with E-state index in [9.17, 15) is 9.18 Å². The number of nitrogens with zero attached hydrogens (tertiary/aromatic N) is 2. The number of halogens is 1. The van der Waals surface area contributed by atoms with Crippen molar-refractivity contribution in [3.05, 3.63) is 65.5 Å². The van der Waals surface area contributed by atoms with Crippen LogP contribution in [0.4, 0.5) is 10.1 Å². The molecule has 0 saturated carbocycles. The summed E-state index contributed by atoms with van der Waals surface area (Å²) in [6, 6.07) is 13.8. The third-order valence-electron chi connectivity index (χ3n) is 5.12. The first-order valence-corrected chi connectivity index (χ1v) is 11.0. The van der Waals surface area contributed by atoms with E-state index in [1.54, 1.807) is 12.1 Å². The highest BCUT2D eigenvalue weighted by Gasteiger charge is 2.27. The van der Waals surface area contributed by atoms with Crippen LogP contribution in [0, 0.1) is 18.7 Å². The van der Waals surface area contributed by atoms with Gasteiger partial charge in [0, 0.05) is 37.4 Å². The van der Waals surface area contributed by atoms with Crippen LogP contribution in [0.5, 0.6) is 0 Å². The van der Waals surface area contributed by atoms with Crippen LogP contribution in [0.25, 0.3) is 0 Å². The number of morpholine rings is 1. The minimum atomic E-state index is -0.286. The van der Waals surface area contributed by atoms with Crippen LogP contribution in [0.3, 0.4) is 0 Å². The van der Waals surface area contributed by atoms with Crippen molar-refractivity contribution < 1.29 is 13.9 Å². The molecule has 1 amide bonds. The van der Waals surface area contributed by atoms with Crippen LogP contribution in [0.15, 0.2) is 48.5 Å². The summed E-state index contributed by atoms with van der Waals surface area (Å²) in [7, 11) is 0. The zero-order chi connectivity index (χ0) is 22.4. The van der Waals surface area contributed by atoms with Crippen molar-refractivity contribution in [2.75, 3.05) is 38.1 Å². The van der Waals surface area contributed by atoms with Crippen molar-refractivity contribution in [3.63, 3.8) is 0 Å². The predicted molar refractivity (Wildman–Crippen MR) is 126 cm³/mol. The normalized spacial score (nSPS) is 16.3. The van der Waals surface area contributed by atoms with Gasteiger partial charge in [0.15, 0.2) is 5.11 Å². The van der Waals surface area contributed by atoms with Crippen molar-refractivity contribution >= 4 is 28.9 Å². The highest BCUT2D eigenvalue weighted by molar-refractivity contribution is 7.80. The molecule has 2 aromatic carbocycles. The molecule has 0 aromatic heterocycles. The third-order valence-corrected chi connectivity index (χ3v) is 5.48. The number of hydrogen-bond acceptors (Lipinski definition) is 3. The second-order valence-corrected chi connectivity index (χ2v) is 8.73. The molecule has 1 aliphatic rings. The molecule has 0 radical (unpaired) electrons. The first kappa shape index (κ1) is 23.2. The number of amides is 1. The molecule has 0 spiro atoms. The summed E-state index contributed by atoms with van der Waals surface area (Å²) >= 11 is 5.55. The lowest BCUT2D eigenvalue weighted by atomic mass is 10.1. The number of ether oxygens (including phenoxy) is 1. The summed E-state index contributed by atoms with van der Waals surface area (Å²) in [5, 5.41) is 3.72. The second-order valence-electron chi connectivity index (χ2n) is 8.35. The Bertz CT molecular complexity index is 887. The molecule has 1 fully saturated rings. The fourth-order valence-electron chi connectivity index (χ4n) is 3.56. The molecule has 0 aliphatic carbocycles. The van der Waals surface area contributed by atoms with Crippen molar-refractivity contribution in [1.29, 1.82) is 0 Å². The molecule has 1 aliphatic heterocycles. The van der Waals surface area contributed by atoms with E-state index in [2.05, 4.69) is 19.2 Å². The number of benzene rings is 2. The summed E-state index contributed by atoms with van der Waals surface area (Å²) < 4.78 is 19.1. The quantitative estimate of drug-likeness (QED) is 0.674. The number of anilines is 1. The minimum Gasteiger partial charge on any atom is -0.373 e. The molecular weight excluding hydrogens is 413 g/mol. The lowest BCUT2D eigenvalue weighted by Crippen LogP contribution is -2.52. The lowest BCUT2D eigenvalue weighted by molar-refractivity contribution is -0.0215. The number of thiocarbonyl (C=S) groups is 1. The topological polar surface area (TPSA) is 44.8 Å². The fourth-order valence-corrected chi connectivity index (χ4v) is 3.84. The Balaban J connectivity index is 1.64. The maximum atomic E-state index is 13.1. The summed E-state index contributed by atoms with van der Waals surface area (Å²) in [5.74, 6) is 0.0724. The smallest absolute Gasteiger partial charge is 0.253 e. The highest BCUT2D eigenvalue weighted by atomic mass is 32.1. The molecule has 0 unspecified atom stereocenters. The van der Waals surface area contributed by atoms with Gasteiger partial charge in [-0.1, -0.05) is 31.5 Å². The van der Waals surface area contributed by atoms with Crippen LogP contribution >= 0.6 is 12.2 Å². The summed E-state index contributed by atoms with van der Waals surface area (Å²) in [5.41, 5.74) is 2.55. The van der Waals surface area contributed by atoms with Gasteiger partial charge in [-0.2, -0.15) is 0 Å². The number of carbonyl (C=O) groups is 1. The van der Waals surface area contributed by atoms with Gasteiger partial charge < -0.3 is 19.9 Å². The monoisotopic (exact) mass is 443 g/mol. The number of hydrogen-bond donors (Lipinski definition) is 1. The Morgan fingerprint density at radius 1 is 1.23 bits per heavy atom. The Kier molecular flexibility index (Phi) is 7.98. The van der Waals surface area contributed by atoms with Gasteiger partial charge in [0.05, 0.1) is 12.7 Å². The van der Waals surface area contributed by atoms with E-state index in [0.29, 0.717) is 49.4 Å². The first-order chi connectivity index (χ1) is 14.8. The molecule has 1 saturated heterocycles. The number of nitrogens with one attached hydrogen (secondary N) is 1. The maximum absolute atomic E-state index is 13.1. The minimum absolute atomic E-state index is 0.0152. The molecule has 5 nitrogen and oxygen atoms in total. The largest absolute Gasteiger partial charge is 0.373 e. The third kappa shape index (κ3) is 6.74. The highest BCUT2D eigenvalue weighted by Crippen LogP contribution is 2.15. The van der Waals surface area contributed by atoms with Crippen LogP contribution in [0.1, 0.15) is 29.8 Å². The van der Waals surface area contributed by atoms with Gasteiger partial charge >= 0.3 is 0 Å². The van der Waals surface area contributed by atoms with Gasteiger partial charge in [0.25, 0.3) is 5.91 Å². The molecule has 3 rings (SSSR count). The van der Waals surface area contributed by atoms with Gasteiger partial charge in [-0.3, -0.25) is 4.79 Å². The van der Waals surface area contributed by atoms with E-state index >= 15 is 0 Å². The molecule has 31 heavy (non-hydrogen) atoms. The van der Waals surface area contributed by atoms with Crippen LogP contribution in [0.2, 0.25) is 0 Å². The molecule has 1 N–H and O–H groups in total. The number of aryl methyl sites for hydroxylation is 1. The van der Waals surface area contributed by atoms with E-state index < -0.39 is 0 Å². The summed E-state index contributed by atoms with van der Waals surface area (Å²) in [6.45, 7) is 9.15. The van der Waals surface area contributed by atoms with Crippen LogP contribution in [-0.2, 0) is 4.74 Å². The van der Waals surface area contributed by atoms with Gasteiger partial charge in [0.2, 0.25) is 0 Å². The SMILES string of the molecule is Cc1ccc(C(=O)N(CC(C)C)C[C@H]2CN(C(=S)Nc3ccc(F)cc3)CCO2)cc1. The van der Waals surface area contributed by atoms with Crippen molar-refractivity contribution in [1.82, 2.24) is 9.80 Å². The Hall–Kier alpha value is -2.51. The van der Waals surface area contributed by atoms with E-state index in [4.69, 9.17) is 17.0 Å². The van der Waals surface area contributed by atoms with E-state index in [-0.39, 0.29) is 17.8 Å². The Morgan fingerprint density at radius 2 is 1.90 bits per heavy atom. The average molecular weight is 444 g/mol. The molecule has 1 atom stereocenters. The Labute approximate surface area is 189 Å². The van der Waals surface area contributed by atoms with Crippen LogP contribution < -0.4 is 5.32 Å². The second kappa shape index (κ2) is 10.7. The fraction of sp³-hybridized carbons (Fsp3) is 0.417. The summed E-state index contributed by atoms with van der Waals surface area (Å²) in [4.78, 5) is 17.1. The van der Waals surface area contributed by atoms with Crippen molar-refractivity contribution in [3.8, 4) is 0 Å². The number of rotatable bonds is 6. The molecular formula is C24H30FN3O2S. The Morgan fingerprint density at radius 3 is 2.55 bits per heavy atom. The van der Waals surface area contributed by atoms with Gasteiger partial charge in [-0.05, 0) is 61.5 Å².